The summed E-state index contributed by atoms with van der Waals surface area (Å²) in [5.74, 6) is 0.609. The molecule has 0 aliphatic heterocycles. The maximum absolute atomic E-state index is 12.3. The van der Waals surface area contributed by atoms with E-state index in [0.29, 0.717) is 12.3 Å². The normalized spacial score (nSPS) is 11.1. The number of aromatic nitrogens is 2. The molecule has 0 atom stereocenters. The number of anilines is 1. The summed E-state index contributed by atoms with van der Waals surface area (Å²) in [7, 11) is 0. The van der Waals surface area contributed by atoms with Gasteiger partial charge in [-0.2, -0.15) is 5.10 Å². The topological polar surface area (TPSA) is 46.9 Å². The molecule has 0 bridgehead atoms. The third-order valence-corrected chi connectivity index (χ3v) is 4.46. The quantitative estimate of drug-likeness (QED) is 0.857. The minimum atomic E-state index is 0.0497. The van der Waals surface area contributed by atoms with Gasteiger partial charge in [0.05, 0.1) is 5.69 Å². The zero-order chi connectivity index (χ0) is 17.9. The highest BCUT2D eigenvalue weighted by atomic mass is 16.1. The van der Waals surface area contributed by atoms with Gasteiger partial charge in [-0.05, 0) is 68.9 Å². The predicted octanol–water partition coefficient (Wildman–Crippen LogP) is 4.34. The van der Waals surface area contributed by atoms with Gasteiger partial charge in [0.25, 0.3) is 0 Å². The third kappa shape index (κ3) is 4.47. The van der Waals surface area contributed by atoms with E-state index < -0.39 is 0 Å². The number of carbonyl (C=O) groups excluding carboxylic acids is 1. The standard InChI is InChI=1S/C20H29N3O/c1-13(2)12-23-17(6)19(16(5)22-23)9-10-20(24)21-18-8-7-14(3)15(4)11-18/h7-8,11,13H,9-10,12H2,1-6H3,(H,21,24). The van der Waals surface area contributed by atoms with Crippen molar-refractivity contribution in [1.29, 1.82) is 0 Å². The van der Waals surface area contributed by atoms with E-state index in [0.717, 1.165) is 24.3 Å². The average molecular weight is 327 g/mol. The van der Waals surface area contributed by atoms with Crippen molar-refractivity contribution >= 4 is 11.6 Å². The molecule has 2 aromatic rings. The predicted molar refractivity (Wildman–Crippen MR) is 99.4 cm³/mol. The summed E-state index contributed by atoms with van der Waals surface area (Å²) in [5.41, 5.74) is 6.71. The second kappa shape index (κ2) is 7.65. The van der Waals surface area contributed by atoms with Crippen LogP contribution in [0.3, 0.4) is 0 Å². The molecule has 0 fully saturated rings. The molecule has 1 aromatic carbocycles. The van der Waals surface area contributed by atoms with Crippen molar-refractivity contribution in [1.82, 2.24) is 9.78 Å². The second-order valence-electron chi connectivity index (χ2n) is 7.07. The maximum Gasteiger partial charge on any atom is 0.224 e. The van der Waals surface area contributed by atoms with E-state index in [1.54, 1.807) is 0 Å². The van der Waals surface area contributed by atoms with E-state index in [2.05, 4.69) is 49.7 Å². The SMILES string of the molecule is Cc1ccc(NC(=O)CCc2c(C)nn(CC(C)C)c2C)cc1C. The number of amides is 1. The van der Waals surface area contributed by atoms with Crippen LogP contribution in [0.2, 0.25) is 0 Å². The highest BCUT2D eigenvalue weighted by Crippen LogP contribution is 2.18. The van der Waals surface area contributed by atoms with Gasteiger partial charge in [0.15, 0.2) is 0 Å². The van der Waals surface area contributed by atoms with Crippen LogP contribution < -0.4 is 5.32 Å². The molecule has 2 rings (SSSR count). The summed E-state index contributed by atoms with van der Waals surface area (Å²) < 4.78 is 2.07. The number of carbonyl (C=O) groups is 1. The summed E-state index contributed by atoms with van der Waals surface area (Å²) >= 11 is 0. The molecule has 0 spiro atoms. The Labute approximate surface area is 145 Å². The summed E-state index contributed by atoms with van der Waals surface area (Å²) in [6.07, 6.45) is 1.20. The molecule has 1 heterocycles. The lowest BCUT2D eigenvalue weighted by Crippen LogP contribution is -2.13. The van der Waals surface area contributed by atoms with Crippen LogP contribution in [0.5, 0.6) is 0 Å². The molecule has 0 aliphatic carbocycles. The molecular formula is C20H29N3O. The summed E-state index contributed by atoms with van der Waals surface area (Å²) in [6, 6.07) is 6.01. The molecule has 0 radical (unpaired) electrons. The molecule has 1 amide bonds. The van der Waals surface area contributed by atoms with Gasteiger partial charge in [0.1, 0.15) is 0 Å². The van der Waals surface area contributed by atoms with Gasteiger partial charge in [0, 0.05) is 24.3 Å². The average Bonchev–Trinajstić information content (AvgIpc) is 2.74. The van der Waals surface area contributed by atoms with Crippen LogP contribution in [0.1, 0.15) is 48.3 Å². The van der Waals surface area contributed by atoms with E-state index in [4.69, 9.17) is 0 Å². The molecule has 0 aliphatic rings. The van der Waals surface area contributed by atoms with Crippen molar-refractivity contribution in [3.05, 3.63) is 46.3 Å². The first-order valence-corrected chi connectivity index (χ1v) is 8.68. The Morgan fingerprint density at radius 2 is 1.88 bits per heavy atom. The van der Waals surface area contributed by atoms with Gasteiger partial charge in [-0.25, -0.2) is 0 Å². The van der Waals surface area contributed by atoms with Gasteiger partial charge >= 0.3 is 0 Å². The fourth-order valence-electron chi connectivity index (χ4n) is 2.90. The van der Waals surface area contributed by atoms with Crippen LogP contribution in [0.25, 0.3) is 0 Å². The zero-order valence-electron chi connectivity index (χ0n) is 15.7. The summed E-state index contributed by atoms with van der Waals surface area (Å²) in [6.45, 7) is 13.5. The Morgan fingerprint density at radius 3 is 2.50 bits per heavy atom. The van der Waals surface area contributed by atoms with Crippen LogP contribution in [0.4, 0.5) is 5.69 Å². The first-order valence-electron chi connectivity index (χ1n) is 8.68. The number of nitrogens with zero attached hydrogens (tertiary/aromatic N) is 2. The first kappa shape index (κ1) is 18.2. The van der Waals surface area contributed by atoms with Gasteiger partial charge in [-0.15, -0.1) is 0 Å². The number of rotatable bonds is 6. The molecule has 130 valence electrons. The minimum Gasteiger partial charge on any atom is -0.326 e. The van der Waals surface area contributed by atoms with E-state index in [9.17, 15) is 4.79 Å². The van der Waals surface area contributed by atoms with E-state index in [1.807, 2.05) is 25.1 Å². The Hall–Kier alpha value is -2.10. The van der Waals surface area contributed by atoms with E-state index >= 15 is 0 Å². The smallest absolute Gasteiger partial charge is 0.224 e. The third-order valence-electron chi connectivity index (χ3n) is 4.46. The number of nitrogens with one attached hydrogen (secondary N) is 1. The van der Waals surface area contributed by atoms with Crippen molar-refractivity contribution in [2.75, 3.05) is 5.32 Å². The maximum atomic E-state index is 12.3. The molecule has 0 saturated heterocycles. The van der Waals surface area contributed by atoms with E-state index in [-0.39, 0.29) is 5.91 Å². The molecular weight excluding hydrogens is 298 g/mol. The molecule has 1 N–H and O–H groups in total. The molecule has 4 heteroatoms. The fraction of sp³-hybridized carbons (Fsp3) is 0.500. The number of hydrogen-bond acceptors (Lipinski definition) is 2. The van der Waals surface area contributed by atoms with Crippen LogP contribution in [0, 0.1) is 33.6 Å². The monoisotopic (exact) mass is 327 g/mol. The summed E-state index contributed by atoms with van der Waals surface area (Å²) in [5, 5.41) is 7.61. The minimum absolute atomic E-state index is 0.0497. The number of hydrogen-bond donors (Lipinski definition) is 1. The Balaban J connectivity index is 1.98. The lowest BCUT2D eigenvalue weighted by molar-refractivity contribution is -0.116. The van der Waals surface area contributed by atoms with Gasteiger partial charge in [-0.3, -0.25) is 9.48 Å². The molecule has 0 saturated carbocycles. The lowest BCUT2D eigenvalue weighted by atomic mass is 10.1. The summed E-state index contributed by atoms with van der Waals surface area (Å²) in [4.78, 5) is 12.3. The Bertz CT molecular complexity index is 729. The van der Waals surface area contributed by atoms with Gasteiger partial charge in [-0.1, -0.05) is 19.9 Å². The lowest BCUT2D eigenvalue weighted by Gasteiger charge is -2.09. The highest BCUT2D eigenvalue weighted by molar-refractivity contribution is 5.91. The molecule has 4 nitrogen and oxygen atoms in total. The Morgan fingerprint density at radius 1 is 1.17 bits per heavy atom. The largest absolute Gasteiger partial charge is 0.326 e. The molecule has 1 aromatic heterocycles. The first-order chi connectivity index (χ1) is 11.3. The number of benzene rings is 1. The highest BCUT2D eigenvalue weighted by Gasteiger charge is 2.14. The molecule has 24 heavy (non-hydrogen) atoms. The van der Waals surface area contributed by atoms with Gasteiger partial charge in [0.2, 0.25) is 5.91 Å². The fourth-order valence-corrected chi connectivity index (χ4v) is 2.90. The van der Waals surface area contributed by atoms with Gasteiger partial charge < -0.3 is 5.32 Å². The zero-order valence-corrected chi connectivity index (χ0v) is 15.7. The van der Waals surface area contributed by atoms with Crippen molar-refractivity contribution in [2.24, 2.45) is 5.92 Å². The van der Waals surface area contributed by atoms with Crippen LogP contribution in [-0.4, -0.2) is 15.7 Å². The van der Waals surface area contributed by atoms with Crippen LogP contribution >= 0.6 is 0 Å². The van der Waals surface area contributed by atoms with Crippen molar-refractivity contribution in [2.45, 2.75) is 60.9 Å². The van der Waals surface area contributed by atoms with Crippen LogP contribution in [-0.2, 0) is 17.8 Å². The molecule has 0 unspecified atom stereocenters. The Kier molecular flexibility index (Phi) is 5.81. The van der Waals surface area contributed by atoms with Crippen molar-refractivity contribution < 1.29 is 4.79 Å². The number of aryl methyl sites for hydroxylation is 3. The second-order valence-corrected chi connectivity index (χ2v) is 7.07. The van der Waals surface area contributed by atoms with Crippen molar-refractivity contribution in [3.63, 3.8) is 0 Å². The van der Waals surface area contributed by atoms with Crippen LogP contribution in [0.15, 0.2) is 18.2 Å². The van der Waals surface area contributed by atoms with Crippen molar-refractivity contribution in [3.8, 4) is 0 Å². The van der Waals surface area contributed by atoms with E-state index in [1.165, 1.54) is 22.4 Å².